The van der Waals surface area contributed by atoms with Crippen LogP contribution in [0.3, 0.4) is 0 Å². The van der Waals surface area contributed by atoms with Crippen LogP contribution in [0.1, 0.15) is 40.8 Å². The number of furan rings is 1. The number of rotatable bonds is 9. The van der Waals surface area contributed by atoms with Crippen molar-refractivity contribution in [2.24, 2.45) is 0 Å². The fraction of sp³-hybridized carbons (Fsp3) is 0.280. The summed E-state index contributed by atoms with van der Waals surface area (Å²) in [5, 5.41) is 0. The van der Waals surface area contributed by atoms with E-state index in [2.05, 4.69) is 15.9 Å². The van der Waals surface area contributed by atoms with Gasteiger partial charge in [0, 0.05) is 23.1 Å². The highest BCUT2D eigenvalue weighted by Crippen LogP contribution is 2.16. The van der Waals surface area contributed by atoms with E-state index in [1.807, 2.05) is 26.0 Å². The maximum atomic E-state index is 13.3. The van der Waals surface area contributed by atoms with Gasteiger partial charge in [0.15, 0.2) is 0 Å². The molecule has 0 fully saturated rings. The number of carbonyl (C=O) groups excluding carboxylic acids is 2. The van der Waals surface area contributed by atoms with Gasteiger partial charge in [-0.2, -0.15) is 0 Å². The topological polar surface area (TPSA) is 53.8 Å². The maximum absolute atomic E-state index is 13.3. The molecule has 1 aromatic heterocycles. The average Bonchev–Trinajstić information content (AvgIpc) is 3.19. The third kappa shape index (κ3) is 6.53. The van der Waals surface area contributed by atoms with Crippen molar-refractivity contribution in [2.75, 3.05) is 13.1 Å². The van der Waals surface area contributed by atoms with Crippen molar-refractivity contribution in [3.8, 4) is 0 Å². The minimum atomic E-state index is -0.331. The summed E-state index contributed by atoms with van der Waals surface area (Å²) in [5.41, 5.74) is 1.32. The molecule has 0 atom stereocenters. The number of nitrogens with zero attached hydrogens (tertiary/aromatic N) is 2. The number of amides is 2. The van der Waals surface area contributed by atoms with Gasteiger partial charge < -0.3 is 14.2 Å². The van der Waals surface area contributed by atoms with Crippen LogP contribution >= 0.6 is 15.9 Å². The van der Waals surface area contributed by atoms with Gasteiger partial charge >= 0.3 is 0 Å². The van der Waals surface area contributed by atoms with Gasteiger partial charge in [-0.25, -0.2) is 4.39 Å². The lowest BCUT2D eigenvalue weighted by molar-refractivity contribution is -0.133. The van der Waals surface area contributed by atoms with Gasteiger partial charge in [0.2, 0.25) is 5.91 Å². The Hall–Kier alpha value is -2.93. The van der Waals surface area contributed by atoms with Gasteiger partial charge in [-0.1, -0.05) is 35.0 Å². The van der Waals surface area contributed by atoms with Gasteiger partial charge in [-0.3, -0.25) is 9.59 Å². The molecule has 168 valence electrons. The van der Waals surface area contributed by atoms with Gasteiger partial charge in [0.05, 0.1) is 6.54 Å². The second-order valence-electron chi connectivity index (χ2n) is 7.62. The molecular formula is C25H26BrFN2O3. The molecule has 0 spiro atoms. The molecule has 3 aromatic rings. The highest BCUT2D eigenvalue weighted by atomic mass is 79.9. The summed E-state index contributed by atoms with van der Waals surface area (Å²) in [4.78, 5) is 29.5. The maximum Gasteiger partial charge on any atom is 0.254 e. The van der Waals surface area contributed by atoms with E-state index in [9.17, 15) is 14.0 Å². The predicted octanol–water partition coefficient (Wildman–Crippen LogP) is 5.57. The van der Waals surface area contributed by atoms with Crippen LogP contribution in [0.5, 0.6) is 0 Å². The number of benzene rings is 2. The minimum Gasteiger partial charge on any atom is -0.464 e. The van der Waals surface area contributed by atoms with Crippen LogP contribution < -0.4 is 0 Å². The first-order valence-corrected chi connectivity index (χ1v) is 11.3. The molecule has 0 saturated carbocycles. The number of hydrogen-bond donors (Lipinski definition) is 0. The Morgan fingerprint density at radius 2 is 1.62 bits per heavy atom. The van der Waals surface area contributed by atoms with Crippen LogP contribution in [0.25, 0.3) is 0 Å². The highest BCUT2D eigenvalue weighted by molar-refractivity contribution is 9.10. The average molecular weight is 501 g/mol. The Balaban J connectivity index is 1.79. The number of halogens is 2. The normalized spacial score (nSPS) is 10.8. The molecule has 0 saturated heterocycles. The van der Waals surface area contributed by atoms with Gasteiger partial charge in [-0.15, -0.1) is 0 Å². The lowest BCUT2D eigenvalue weighted by Gasteiger charge is -2.27. The zero-order chi connectivity index (χ0) is 23.1. The summed E-state index contributed by atoms with van der Waals surface area (Å²) < 4.78 is 19.9. The van der Waals surface area contributed by atoms with Crippen molar-refractivity contribution in [1.82, 2.24) is 9.80 Å². The van der Waals surface area contributed by atoms with E-state index in [1.54, 1.807) is 46.2 Å². The summed E-state index contributed by atoms with van der Waals surface area (Å²) >= 11 is 3.37. The molecule has 0 aliphatic heterocycles. The van der Waals surface area contributed by atoms with Crippen LogP contribution in [0, 0.1) is 12.7 Å². The molecule has 0 aliphatic carbocycles. The lowest BCUT2D eigenvalue weighted by Crippen LogP contribution is -2.42. The second kappa shape index (κ2) is 11.1. The zero-order valence-corrected chi connectivity index (χ0v) is 19.8. The third-order valence-electron chi connectivity index (χ3n) is 4.98. The van der Waals surface area contributed by atoms with E-state index in [1.165, 1.54) is 12.1 Å². The highest BCUT2D eigenvalue weighted by Gasteiger charge is 2.23. The van der Waals surface area contributed by atoms with E-state index in [0.29, 0.717) is 17.9 Å². The van der Waals surface area contributed by atoms with E-state index < -0.39 is 0 Å². The molecule has 1 heterocycles. The summed E-state index contributed by atoms with van der Waals surface area (Å²) in [5.74, 6) is 0.680. The first-order valence-electron chi connectivity index (χ1n) is 10.5. The van der Waals surface area contributed by atoms with Gasteiger partial charge in [0.1, 0.15) is 23.9 Å². The van der Waals surface area contributed by atoms with Crippen LogP contribution in [-0.2, 0) is 17.9 Å². The molecule has 2 amide bonds. The fourth-order valence-electron chi connectivity index (χ4n) is 3.36. The molecule has 7 heteroatoms. The van der Waals surface area contributed by atoms with E-state index in [-0.39, 0.29) is 37.3 Å². The van der Waals surface area contributed by atoms with Crippen LogP contribution in [0.15, 0.2) is 69.6 Å². The molecule has 3 rings (SSSR count). The molecule has 0 unspecified atom stereocenters. The Bertz CT molecular complexity index is 1050. The van der Waals surface area contributed by atoms with Crippen LogP contribution in [0.4, 0.5) is 4.39 Å². The van der Waals surface area contributed by atoms with Gasteiger partial charge in [0.25, 0.3) is 5.91 Å². The van der Waals surface area contributed by atoms with Crippen molar-refractivity contribution < 1.29 is 18.4 Å². The Morgan fingerprint density at radius 3 is 2.22 bits per heavy atom. The van der Waals surface area contributed by atoms with Crippen molar-refractivity contribution in [3.05, 3.63) is 93.6 Å². The largest absolute Gasteiger partial charge is 0.464 e. The van der Waals surface area contributed by atoms with Crippen LogP contribution in [-0.4, -0.2) is 34.7 Å². The summed E-state index contributed by atoms with van der Waals surface area (Å²) in [6, 6.07) is 16.8. The molecule has 0 bridgehead atoms. The van der Waals surface area contributed by atoms with Crippen LogP contribution in [0.2, 0.25) is 0 Å². The SMILES string of the molecule is CCCN(CC(=O)N(Cc1ccc(F)cc1)Cc1ccc(C)o1)C(=O)c1ccc(Br)cc1. The first kappa shape index (κ1) is 23.7. The lowest BCUT2D eigenvalue weighted by atomic mass is 10.2. The standard InChI is InChI=1S/C25H26BrFN2O3/c1-3-14-28(25(31)20-7-9-21(26)10-8-20)17-24(30)29(16-23-13-4-18(2)32-23)15-19-5-11-22(27)12-6-19/h4-13H,3,14-17H2,1-2H3. The van der Waals surface area contributed by atoms with Crippen molar-refractivity contribution >= 4 is 27.7 Å². The minimum absolute atomic E-state index is 0.0520. The Morgan fingerprint density at radius 1 is 0.938 bits per heavy atom. The molecule has 32 heavy (non-hydrogen) atoms. The van der Waals surface area contributed by atoms with Crippen molar-refractivity contribution in [2.45, 2.75) is 33.4 Å². The van der Waals surface area contributed by atoms with Crippen molar-refractivity contribution in [1.29, 1.82) is 0 Å². The Kier molecular flexibility index (Phi) is 8.22. The first-order chi connectivity index (χ1) is 15.4. The number of aryl methyl sites for hydroxylation is 1. The van der Waals surface area contributed by atoms with E-state index >= 15 is 0 Å². The quantitative estimate of drug-likeness (QED) is 0.385. The number of hydrogen-bond acceptors (Lipinski definition) is 3. The summed E-state index contributed by atoms with van der Waals surface area (Å²) in [7, 11) is 0. The molecular weight excluding hydrogens is 475 g/mol. The summed E-state index contributed by atoms with van der Waals surface area (Å²) in [6.45, 7) is 4.76. The Labute approximate surface area is 196 Å². The third-order valence-corrected chi connectivity index (χ3v) is 5.51. The molecule has 0 radical (unpaired) electrons. The predicted molar refractivity (Wildman–Crippen MR) is 124 cm³/mol. The molecule has 2 aromatic carbocycles. The zero-order valence-electron chi connectivity index (χ0n) is 18.2. The second-order valence-corrected chi connectivity index (χ2v) is 8.54. The van der Waals surface area contributed by atoms with Gasteiger partial charge in [-0.05, 0) is 67.4 Å². The summed E-state index contributed by atoms with van der Waals surface area (Å²) in [6.07, 6.45) is 0.727. The molecule has 0 aliphatic rings. The molecule has 0 N–H and O–H groups in total. The smallest absolute Gasteiger partial charge is 0.254 e. The van der Waals surface area contributed by atoms with Crippen molar-refractivity contribution in [3.63, 3.8) is 0 Å². The van der Waals surface area contributed by atoms with E-state index in [0.717, 1.165) is 22.2 Å². The monoisotopic (exact) mass is 500 g/mol. The van der Waals surface area contributed by atoms with E-state index in [4.69, 9.17) is 4.42 Å². The molecule has 5 nitrogen and oxygen atoms in total. The fourth-order valence-corrected chi connectivity index (χ4v) is 3.63. The number of carbonyl (C=O) groups is 2.